The monoisotopic (exact) mass is 391 g/mol. The maximum absolute atomic E-state index is 13.5. The van der Waals surface area contributed by atoms with Gasteiger partial charge in [-0.15, -0.1) is 0 Å². The summed E-state index contributed by atoms with van der Waals surface area (Å²) in [6.45, 7) is 0.122. The first-order valence-corrected chi connectivity index (χ1v) is 8.32. The van der Waals surface area contributed by atoms with Gasteiger partial charge in [0.2, 0.25) is 11.7 Å². The molecular formula is C19H19F2N3O4. The number of methoxy groups -OCH3 is 3. The van der Waals surface area contributed by atoms with Crippen LogP contribution in [0.4, 0.5) is 8.78 Å². The van der Waals surface area contributed by atoms with Crippen LogP contribution in [0.5, 0.6) is 17.2 Å². The Balaban J connectivity index is 1.72. The number of halogens is 2. The van der Waals surface area contributed by atoms with Crippen LogP contribution < -0.4 is 19.5 Å². The summed E-state index contributed by atoms with van der Waals surface area (Å²) in [5, 5.41) is 2.76. The van der Waals surface area contributed by atoms with Crippen LogP contribution >= 0.6 is 0 Å². The van der Waals surface area contributed by atoms with E-state index in [1.165, 1.54) is 32.2 Å². The Morgan fingerprint density at radius 2 is 1.68 bits per heavy atom. The van der Waals surface area contributed by atoms with Crippen molar-refractivity contribution in [2.24, 2.45) is 0 Å². The molecular weight excluding hydrogens is 372 g/mol. The van der Waals surface area contributed by atoms with Crippen molar-refractivity contribution in [2.45, 2.75) is 13.1 Å². The number of amides is 1. The fraction of sp³-hybridized carbons (Fsp3) is 0.263. The quantitative estimate of drug-likeness (QED) is 0.670. The van der Waals surface area contributed by atoms with Crippen molar-refractivity contribution in [2.75, 3.05) is 21.3 Å². The molecule has 0 bridgehead atoms. The molecule has 1 N–H and O–H groups in total. The summed E-state index contributed by atoms with van der Waals surface area (Å²) in [4.78, 5) is 16.3. The first-order chi connectivity index (χ1) is 13.5. The lowest BCUT2D eigenvalue weighted by Crippen LogP contribution is -2.26. The Morgan fingerprint density at radius 1 is 1.04 bits per heavy atom. The summed E-state index contributed by atoms with van der Waals surface area (Å²) in [6.07, 6.45) is 1.36. The lowest BCUT2D eigenvalue weighted by atomic mass is 10.1. The zero-order valence-corrected chi connectivity index (χ0v) is 15.6. The van der Waals surface area contributed by atoms with Gasteiger partial charge in [-0.2, -0.15) is 0 Å². The number of fused-ring (bicyclic) bond motifs is 1. The maximum Gasteiger partial charge on any atom is 0.240 e. The summed E-state index contributed by atoms with van der Waals surface area (Å²) in [5.41, 5.74) is 1.35. The maximum atomic E-state index is 13.5. The second kappa shape index (κ2) is 8.12. The minimum atomic E-state index is -0.993. The van der Waals surface area contributed by atoms with Gasteiger partial charge in [0.05, 0.1) is 38.7 Å². The van der Waals surface area contributed by atoms with Gasteiger partial charge in [0.25, 0.3) is 0 Å². The summed E-state index contributed by atoms with van der Waals surface area (Å²) < 4.78 is 44.0. The third kappa shape index (κ3) is 3.83. The highest BCUT2D eigenvalue weighted by atomic mass is 19.2. The molecule has 28 heavy (non-hydrogen) atoms. The van der Waals surface area contributed by atoms with Gasteiger partial charge in [-0.1, -0.05) is 0 Å². The molecule has 2 aromatic carbocycles. The van der Waals surface area contributed by atoms with Crippen LogP contribution in [0.2, 0.25) is 0 Å². The second-order valence-electron chi connectivity index (χ2n) is 5.94. The zero-order chi connectivity index (χ0) is 20.3. The minimum absolute atomic E-state index is 0.0913. The Kier molecular flexibility index (Phi) is 5.62. The first-order valence-electron chi connectivity index (χ1n) is 8.32. The minimum Gasteiger partial charge on any atom is -0.493 e. The number of hydrogen-bond donors (Lipinski definition) is 1. The molecule has 0 saturated carbocycles. The van der Waals surface area contributed by atoms with Gasteiger partial charge in [0.1, 0.15) is 6.54 Å². The van der Waals surface area contributed by atoms with E-state index < -0.39 is 11.6 Å². The van der Waals surface area contributed by atoms with Crippen LogP contribution in [-0.4, -0.2) is 36.8 Å². The number of imidazole rings is 1. The molecule has 1 aromatic heterocycles. The number of carbonyl (C=O) groups excluding carboxylic acids is 1. The highest BCUT2D eigenvalue weighted by Gasteiger charge is 2.15. The average Bonchev–Trinajstić information content (AvgIpc) is 3.07. The Bertz CT molecular complexity index is 995. The van der Waals surface area contributed by atoms with Crippen LogP contribution in [0.1, 0.15) is 5.56 Å². The van der Waals surface area contributed by atoms with E-state index in [1.807, 2.05) is 0 Å². The molecule has 0 spiro atoms. The Labute approximate surface area is 159 Å². The molecule has 3 rings (SSSR count). The number of rotatable bonds is 7. The van der Waals surface area contributed by atoms with Crippen molar-refractivity contribution in [1.82, 2.24) is 14.9 Å². The number of benzene rings is 2. The van der Waals surface area contributed by atoms with E-state index in [2.05, 4.69) is 10.3 Å². The second-order valence-corrected chi connectivity index (χ2v) is 5.94. The molecule has 148 valence electrons. The predicted octanol–water partition coefficient (Wildman–Crippen LogP) is 2.66. The molecule has 9 heteroatoms. The molecule has 0 aliphatic rings. The molecule has 0 aliphatic carbocycles. The number of hydrogen-bond acceptors (Lipinski definition) is 5. The summed E-state index contributed by atoms with van der Waals surface area (Å²) in [5.74, 6) is -0.887. The van der Waals surface area contributed by atoms with E-state index in [0.29, 0.717) is 22.8 Å². The Hall–Kier alpha value is -3.36. The predicted molar refractivity (Wildman–Crippen MR) is 97.6 cm³/mol. The molecule has 7 nitrogen and oxygen atoms in total. The molecule has 0 unspecified atom stereocenters. The zero-order valence-electron chi connectivity index (χ0n) is 15.6. The summed E-state index contributed by atoms with van der Waals surface area (Å²) in [6, 6.07) is 5.47. The van der Waals surface area contributed by atoms with Gasteiger partial charge >= 0.3 is 0 Å². The van der Waals surface area contributed by atoms with Crippen LogP contribution in [0, 0.1) is 11.6 Å². The number of carbonyl (C=O) groups is 1. The van der Waals surface area contributed by atoms with Gasteiger partial charge in [-0.3, -0.25) is 4.79 Å². The standard InChI is InChI=1S/C19H19F2N3O4/c1-26-16-4-11(5-17(27-2)19(16)28-3)8-22-18(25)9-24-10-23-14-6-12(20)13(21)7-15(14)24/h4-7,10H,8-9H2,1-3H3,(H,22,25). The van der Waals surface area contributed by atoms with E-state index in [9.17, 15) is 13.6 Å². The largest absolute Gasteiger partial charge is 0.493 e. The fourth-order valence-electron chi connectivity index (χ4n) is 2.83. The van der Waals surface area contributed by atoms with Crippen molar-refractivity contribution in [3.8, 4) is 17.2 Å². The Morgan fingerprint density at radius 3 is 2.29 bits per heavy atom. The van der Waals surface area contributed by atoms with Crippen molar-refractivity contribution in [1.29, 1.82) is 0 Å². The van der Waals surface area contributed by atoms with E-state index in [-0.39, 0.29) is 24.5 Å². The lowest BCUT2D eigenvalue weighted by Gasteiger charge is -2.14. The van der Waals surface area contributed by atoms with E-state index in [4.69, 9.17) is 14.2 Å². The van der Waals surface area contributed by atoms with Crippen molar-refractivity contribution in [3.63, 3.8) is 0 Å². The topological polar surface area (TPSA) is 74.6 Å². The van der Waals surface area contributed by atoms with E-state index in [1.54, 1.807) is 12.1 Å². The third-order valence-electron chi connectivity index (χ3n) is 4.19. The normalized spacial score (nSPS) is 10.8. The molecule has 1 heterocycles. The van der Waals surface area contributed by atoms with Gasteiger partial charge in [0.15, 0.2) is 23.1 Å². The SMILES string of the molecule is COc1cc(CNC(=O)Cn2cnc3cc(F)c(F)cc32)cc(OC)c1OC. The third-order valence-corrected chi connectivity index (χ3v) is 4.19. The number of nitrogens with one attached hydrogen (secondary N) is 1. The van der Waals surface area contributed by atoms with Gasteiger partial charge in [0, 0.05) is 18.7 Å². The molecule has 0 radical (unpaired) electrons. The first kappa shape index (κ1) is 19.4. The van der Waals surface area contributed by atoms with Gasteiger partial charge < -0.3 is 24.1 Å². The smallest absolute Gasteiger partial charge is 0.240 e. The molecule has 3 aromatic rings. The molecule has 0 aliphatic heterocycles. The highest BCUT2D eigenvalue weighted by molar-refractivity contribution is 5.80. The molecule has 0 saturated heterocycles. The van der Waals surface area contributed by atoms with Crippen LogP contribution in [0.25, 0.3) is 11.0 Å². The summed E-state index contributed by atoms with van der Waals surface area (Å²) >= 11 is 0. The van der Waals surface area contributed by atoms with Crippen molar-refractivity contribution >= 4 is 16.9 Å². The molecule has 1 amide bonds. The number of ether oxygens (including phenoxy) is 3. The van der Waals surface area contributed by atoms with Gasteiger partial charge in [-0.05, 0) is 17.7 Å². The van der Waals surface area contributed by atoms with Crippen LogP contribution in [0.3, 0.4) is 0 Å². The highest BCUT2D eigenvalue weighted by Crippen LogP contribution is 2.38. The van der Waals surface area contributed by atoms with Crippen LogP contribution in [0.15, 0.2) is 30.6 Å². The fourth-order valence-corrected chi connectivity index (χ4v) is 2.83. The lowest BCUT2D eigenvalue weighted by molar-refractivity contribution is -0.121. The number of nitrogens with zero attached hydrogens (tertiary/aromatic N) is 2. The molecule has 0 atom stereocenters. The van der Waals surface area contributed by atoms with E-state index in [0.717, 1.165) is 17.7 Å². The molecule has 0 fully saturated rings. The van der Waals surface area contributed by atoms with Crippen LogP contribution in [-0.2, 0) is 17.9 Å². The van der Waals surface area contributed by atoms with Crippen molar-refractivity contribution < 1.29 is 27.8 Å². The van der Waals surface area contributed by atoms with Gasteiger partial charge in [-0.25, -0.2) is 13.8 Å². The summed E-state index contributed by atoms with van der Waals surface area (Å²) in [7, 11) is 4.52. The number of aromatic nitrogens is 2. The van der Waals surface area contributed by atoms with Crippen molar-refractivity contribution in [3.05, 3.63) is 47.8 Å². The van der Waals surface area contributed by atoms with E-state index >= 15 is 0 Å². The average molecular weight is 391 g/mol.